The van der Waals surface area contributed by atoms with Crippen molar-refractivity contribution >= 4 is 10.9 Å². The molecule has 0 amide bonds. The highest BCUT2D eigenvalue weighted by molar-refractivity contribution is 5.77. The summed E-state index contributed by atoms with van der Waals surface area (Å²) >= 11 is 0. The van der Waals surface area contributed by atoms with Gasteiger partial charge in [-0.05, 0) is 18.6 Å². The van der Waals surface area contributed by atoms with E-state index in [4.69, 9.17) is 5.11 Å². The Balaban J connectivity index is 0.000000373. The van der Waals surface area contributed by atoms with Crippen molar-refractivity contribution in [2.75, 3.05) is 6.61 Å². The van der Waals surface area contributed by atoms with Crippen molar-refractivity contribution in [3.8, 4) is 0 Å². The van der Waals surface area contributed by atoms with Crippen LogP contribution in [0.1, 0.15) is 115 Å². The Morgan fingerprint density at radius 2 is 1.19 bits per heavy atom. The molecule has 0 unspecified atom stereocenters. The zero-order valence-corrected chi connectivity index (χ0v) is 22.9. The summed E-state index contributed by atoms with van der Waals surface area (Å²) in [5, 5.41) is 10.2. The Hall–Kier alpha value is -2.20. The van der Waals surface area contributed by atoms with Crippen LogP contribution in [0, 0.1) is 0 Å². The highest BCUT2D eigenvalue weighted by Gasteiger charge is 2.02. The maximum Gasteiger partial charge on any atom is 0.108 e. The molecule has 4 heteroatoms. The number of para-hydroxylation sites is 1. The van der Waals surface area contributed by atoms with Crippen LogP contribution < -0.4 is 0 Å². The monoisotopic (exact) mass is 493 g/mol. The number of aromatic nitrogens is 3. The lowest BCUT2D eigenvalue weighted by Crippen LogP contribution is -2.06. The van der Waals surface area contributed by atoms with Crippen molar-refractivity contribution in [1.29, 1.82) is 0 Å². The Bertz CT molecular complexity index is 826. The van der Waals surface area contributed by atoms with Crippen LogP contribution in [0.15, 0.2) is 55.0 Å². The van der Waals surface area contributed by atoms with Gasteiger partial charge in [0.25, 0.3) is 0 Å². The van der Waals surface area contributed by atoms with Gasteiger partial charge in [0.15, 0.2) is 0 Å². The first kappa shape index (κ1) is 30.0. The summed E-state index contributed by atoms with van der Waals surface area (Å²) in [6.45, 7) is 3.16. The summed E-state index contributed by atoms with van der Waals surface area (Å²) in [5.41, 5.74) is 1.06. The summed E-state index contributed by atoms with van der Waals surface area (Å²) < 4.78 is 2.07. The van der Waals surface area contributed by atoms with Crippen LogP contribution in [-0.2, 0) is 13.0 Å². The van der Waals surface area contributed by atoms with E-state index in [1.54, 1.807) is 0 Å². The third-order valence-corrected chi connectivity index (χ3v) is 6.91. The standard InChI is InChI=1S/C23H44N2O.C9H7N/c1-2-3-4-5-6-7-8-9-10-11-12-13-14-15-16-17-18-23-24-19-20-25(23)21-22-26;1-2-6-9-8(4-1)5-3-7-10-9/h19-20,26H,2-18,21-22H2,1H3;1-7H. The quantitative estimate of drug-likeness (QED) is 0.170. The predicted octanol–water partition coefficient (Wildman–Crippen LogP) is 8.91. The lowest BCUT2D eigenvalue weighted by atomic mass is 10.0. The van der Waals surface area contributed by atoms with Gasteiger partial charge >= 0.3 is 0 Å². The fourth-order valence-corrected chi connectivity index (χ4v) is 4.73. The minimum Gasteiger partial charge on any atom is -0.395 e. The van der Waals surface area contributed by atoms with Gasteiger partial charge in [-0.15, -0.1) is 0 Å². The molecule has 2 aromatic heterocycles. The summed E-state index contributed by atoms with van der Waals surface area (Å²) in [7, 11) is 0. The number of imidazole rings is 1. The van der Waals surface area contributed by atoms with Crippen LogP contribution in [0.25, 0.3) is 10.9 Å². The number of pyridine rings is 1. The van der Waals surface area contributed by atoms with Crippen molar-refractivity contribution in [1.82, 2.24) is 14.5 Å². The summed E-state index contributed by atoms with van der Waals surface area (Å²) in [5.74, 6) is 1.13. The maximum absolute atomic E-state index is 9.03. The highest BCUT2D eigenvalue weighted by atomic mass is 16.3. The highest BCUT2D eigenvalue weighted by Crippen LogP contribution is 2.14. The van der Waals surface area contributed by atoms with Gasteiger partial charge in [-0.3, -0.25) is 4.98 Å². The molecule has 1 aromatic carbocycles. The maximum atomic E-state index is 9.03. The largest absolute Gasteiger partial charge is 0.395 e. The minimum absolute atomic E-state index is 0.197. The third kappa shape index (κ3) is 13.8. The van der Waals surface area contributed by atoms with Crippen LogP contribution in [-0.4, -0.2) is 26.2 Å². The number of hydrogen-bond donors (Lipinski definition) is 1. The molecule has 2 heterocycles. The molecule has 0 aliphatic rings. The van der Waals surface area contributed by atoms with Gasteiger partial charge in [-0.1, -0.05) is 128 Å². The predicted molar refractivity (Wildman–Crippen MR) is 154 cm³/mol. The van der Waals surface area contributed by atoms with Gasteiger partial charge in [-0.25, -0.2) is 4.98 Å². The van der Waals surface area contributed by atoms with Crippen molar-refractivity contribution < 1.29 is 5.11 Å². The van der Waals surface area contributed by atoms with E-state index < -0.39 is 0 Å². The van der Waals surface area contributed by atoms with Crippen LogP contribution in [0.4, 0.5) is 0 Å². The fourth-order valence-electron chi connectivity index (χ4n) is 4.73. The second-order valence-electron chi connectivity index (χ2n) is 10.0. The van der Waals surface area contributed by atoms with Crippen LogP contribution in [0.2, 0.25) is 0 Å². The molecule has 0 fully saturated rings. The molecule has 0 aliphatic heterocycles. The summed E-state index contributed by atoms with van der Waals surface area (Å²) in [4.78, 5) is 8.58. The molecule has 1 N–H and O–H groups in total. The Morgan fingerprint density at radius 1 is 0.639 bits per heavy atom. The SMILES string of the molecule is CCCCCCCCCCCCCCCCCCc1nccn1CCO.c1ccc2ncccc2c1. The van der Waals surface area contributed by atoms with E-state index in [0.29, 0.717) is 6.54 Å². The zero-order chi connectivity index (χ0) is 25.5. The lowest BCUT2D eigenvalue weighted by molar-refractivity contribution is 0.274. The van der Waals surface area contributed by atoms with Crippen LogP contribution in [0.5, 0.6) is 0 Å². The van der Waals surface area contributed by atoms with Crippen LogP contribution >= 0.6 is 0 Å². The topological polar surface area (TPSA) is 50.9 Å². The number of aryl methyl sites for hydroxylation is 1. The summed E-state index contributed by atoms with van der Waals surface area (Å²) in [6, 6.07) is 12.1. The van der Waals surface area contributed by atoms with E-state index in [-0.39, 0.29) is 6.61 Å². The molecular formula is C32H51N3O. The minimum atomic E-state index is 0.197. The third-order valence-electron chi connectivity index (χ3n) is 6.91. The molecule has 3 rings (SSSR count). The second-order valence-corrected chi connectivity index (χ2v) is 10.0. The molecule has 0 atom stereocenters. The zero-order valence-electron chi connectivity index (χ0n) is 22.9. The Morgan fingerprint density at radius 3 is 1.78 bits per heavy atom. The Kier molecular flexibility index (Phi) is 17.5. The smallest absolute Gasteiger partial charge is 0.108 e. The summed E-state index contributed by atoms with van der Waals surface area (Å²) in [6.07, 6.45) is 29.2. The van der Waals surface area contributed by atoms with E-state index >= 15 is 0 Å². The van der Waals surface area contributed by atoms with E-state index in [0.717, 1.165) is 17.8 Å². The number of nitrogens with zero attached hydrogens (tertiary/aromatic N) is 3. The number of hydrogen-bond acceptors (Lipinski definition) is 3. The second kappa shape index (κ2) is 20.9. The van der Waals surface area contributed by atoms with Gasteiger partial charge in [0.2, 0.25) is 0 Å². The van der Waals surface area contributed by atoms with Gasteiger partial charge < -0.3 is 9.67 Å². The average molecular weight is 494 g/mol. The normalized spacial score (nSPS) is 10.9. The molecule has 0 radical (unpaired) electrons. The van der Waals surface area contributed by atoms with Crippen molar-refractivity contribution in [3.63, 3.8) is 0 Å². The van der Waals surface area contributed by atoms with Gasteiger partial charge in [0.1, 0.15) is 5.82 Å². The molecule has 0 saturated carbocycles. The number of unbranched alkanes of at least 4 members (excludes halogenated alkanes) is 15. The number of fused-ring (bicyclic) bond motifs is 1. The van der Waals surface area contributed by atoms with Crippen molar-refractivity contribution in [2.45, 2.75) is 123 Å². The molecule has 0 bridgehead atoms. The van der Waals surface area contributed by atoms with E-state index in [1.165, 1.54) is 108 Å². The molecule has 0 spiro atoms. The van der Waals surface area contributed by atoms with Crippen molar-refractivity contribution in [2.24, 2.45) is 0 Å². The van der Waals surface area contributed by atoms with Gasteiger partial charge in [0.05, 0.1) is 12.1 Å². The van der Waals surface area contributed by atoms with E-state index in [2.05, 4.69) is 33.6 Å². The van der Waals surface area contributed by atoms with E-state index in [1.807, 2.05) is 42.9 Å². The fraction of sp³-hybridized carbons (Fsp3) is 0.625. The number of benzene rings is 1. The lowest BCUT2D eigenvalue weighted by Gasteiger charge is -2.06. The first-order chi connectivity index (χ1) is 17.8. The molecule has 0 aliphatic carbocycles. The van der Waals surface area contributed by atoms with Gasteiger partial charge in [0, 0.05) is 36.9 Å². The molecular weight excluding hydrogens is 442 g/mol. The van der Waals surface area contributed by atoms with Crippen molar-refractivity contribution in [3.05, 3.63) is 60.8 Å². The van der Waals surface area contributed by atoms with Crippen LogP contribution in [0.3, 0.4) is 0 Å². The Labute approximate surface area is 220 Å². The molecule has 200 valence electrons. The molecule has 3 aromatic rings. The van der Waals surface area contributed by atoms with E-state index in [9.17, 15) is 0 Å². The molecule has 36 heavy (non-hydrogen) atoms. The number of aliphatic hydroxyl groups excluding tert-OH is 1. The molecule has 4 nitrogen and oxygen atoms in total. The number of rotatable bonds is 19. The first-order valence-electron chi connectivity index (χ1n) is 14.8. The average Bonchev–Trinajstić information content (AvgIpc) is 3.36. The first-order valence-corrected chi connectivity index (χ1v) is 14.8. The molecule has 0 saturated heterocycles. The van der Waals surface area contributed by atoms with Gasteiger partial charge in [-0.2, -0.15) is 0 Å². The number of aliphatic hydroxyl groups is 1.